The highest BCUT2D eigenvalue weighted by atomic mass is 79.9. The molecule has 1 rings (SSSR count). The van der Waals surface area contributed by atoms with E-state index in [0.29, 0.717) is 4.47 Å². The van der Waals surface area contributed by atoms with E-state index >= 15 is 0 Å². The van der Waals surface area contributed by atoms with Gasteiger partial charge in [-0.05, 0) is 28.1 Å². The third kappa shape index (κ3) is 4.07. The number of hydrogen-bond donors (Lipinski definition) is 1. The minimum Gasteiger partial charge on any atom is -0.480 e. The van der Waals surface area contributed by atoms with Gasteiger partial charge in [-0.25, -0.2) is 9.18 Å². The number of hydrogen-bond acceptors (Lipinski definition) is 3. The SMILES string of the molecule is O=C(O)COCC(=O)c1cc(Cl)c(Br)cc1F. The minimum absolute atomic E-state index is 0.188. The maximum atomic E-state index is 13.4. The molecule has 4 nitrogen and oxygen atoms in total. The lowest BCUT2D eigenvalue weighted by Crippen LogP contribution is -2.15. The molecule has 0 heterocycles. The predicted molar refractivity (Wildman–Crippen MR) is 61.9 cm³/mol. The Labute approximate surface area is 109 Å². The average Bonchev–Trinajstić information content (AvgIpc) is 2.22. The van der Waals surface area contributed by atoms with E-state index in [1.54, 1.807) is 0 Å². The van der Waals surface area contributed by atoms with Gasteiger partial charge < -0.3 is 9.84 Å². The molecule has 92 valence electrons. The molecule has 1 aromatic rings. The van der Waals surface area contributed by atoms with Crippen molar-refractivity contribution in [3.8, 4) is 0 Å². The fraction of sp³-hybridized carbons (Fsp3) is 0.200. The van der Waals surface area contributed by atoms with Gasteiger partial charge in [0.2, 0.25) is 0 Å². The molecule has 0 unspecified atom stereocenters. The number of ketones is 1. The van der Waals surface area contributed by atoms with Crippen LogP contribution >= 0.6 is 27.5 Å². The Morgan fingerprint density at radius 1 is 1.41 bits per heavy atom. The topological polar surface area (TPSA) is 63.6 Å². The van der Waals surface area contributed by atoms with E-state index in [2.05, 4.69) is 20.7 Å². The summed E-state index contributed by atoms with van der Waals surface area (Å²) in [5.74, 6) is -2.62. The number of aliphatic carboxylic acids is 1. The highest BCUT2D eigenvalue weighted by Crippen LogP contribution is 2.25. The lowest BCUT2D eigenvalue weighted by atomic mass is 10.1. The monoisotopic (exact) mass is 324 g/mol. The van der Waals surface area contributed by atoms with Crippen molar-refractivity contribution in [2.75, 3.05) is 13.2 Å². The largest absolute Gasteiger partial charge is 0.480 e. The summed E-state index contributed by atoms with van der Waals surface area (Å²) in [6, 6.07) is 2.22. The van der Waals surface area contributed by atoms with Crippen LogP contribution in [0.4, 0.5) is 4.39 Å². The Morgan fingerprint density at radius 2 is 2.06 bits per heavy atom. The maximum absolute atomic E-state index is 13.4. The van der Waals surface area contributed by atoms with Crippen molar-refractivity contribution in [3.63, 3.8) is 0 Å². The second kappa shape index (κ2) is 6.09. The summed E-state index contributed by atoms with van der Waals surface area (Å²) in [5, 5.41) is 8.48. The Bertz CT molecular complexity index is 464. The average molecular weight is 326 g/mol. The van der Waals surface area contributed by atoms with Gasteiger partial charge in [0.25, 0.3) is 0 Å². The van der Waals surface area contributed by atoms with Crippen LogP contribution in [-0.4, -0.2) is 30.1 Å². The lowest BCUT2D eigenvalue weighted by molar-refractivity contribution is -0.141. The van der Waals surface area contributed by atoms with Crippen molar-refractivity contribution in [1.29, 1.82) is 0 Å². The Kier molecular flexibility index (Phi) is 5.04. The van der Waals surface area contributed by atoms with Gasteiger partial charge in [0, 0.05) is 4.47 Å². The molecule has 0 fully saturated rings. The molecule has 0 aromatic heterocycles. The Balaban J connectivity index is 2.75. The first-order valence-electron chi connectivity index (χ1n) is 4.39. The molecule has 0 aliphatic rings. The molecule has 0 amide bonds. The molecule has 0 aliphatic carbocycles. The molecule has 7 heteroatoms. The first kappa shape index (κ1) is 14.1. The van der Waals surface area contributed by atoms with Crippen LogP contribution in [0.1, 0.15) is 10.4 Å². The molecule has 0 atom stereocenters. The summed E-state index contributed by atoms with van der Waals surface area (Å²) in [5.41, 5.74) is -0.233. The van der Waals surface area contributed by atoms with Crippen molar-refractivity contribution in [2.45, 2.75) is 0 Å². The Morgan fingerprint density at radius 3 is 2.65 bits per heavy atom. The summed E-state index contributed by atoms with van der Waals surface area (Å²) in [6.45, 7) is -1.13. The van der Waals surface area contributed by atoms with Crippen LogP contribution in [-0.2, 0) is 9.53 Å². The van der Waals surface area contributed by atoms with Crippen LogP contribution in [0.2, 0.25) is 5.02 Å². The van der Waals surface area contributed by atoms with Gasteiger partial charge >= 0.3 is 5.97 Å². The summed E-state index contributed by atoms with van der Waals surface area (Å²) >= 11 is 8.72. The number of carbonyl (C=O) groups excluding carboxylic acids is 1. The van der Waals surface area contributed by atoms with E-state index in [0.717, 1.165) is 12.1 Å². The number of halogens is 3. The first-order valence-corrected chi connectivity index (χ1v) is 5.56. The van der Waals surface area contributed by atoms with E-state index in [9.17, 15) is 14.0 Å². The molecule has 0 aliphatic heterocycles. The molecule has 1 N–H and O–H groups in total. The van der Waals surface area contributed by atoms with E-state index in [1.165, 1.54) is 0 Å². The zero-order valence-electron chi connectivity index (χ0n) is 8.37. The highest BCUT2D eigenvalue weighted by molar-refractivity contribution is 9.10. The smallest absolute Gasteiger partial charge is 0.329 e. The van der Waals surface area contributed by atoms with Crippen molar-refractivity contribution < 1.29 is 23.8 Å². The van der Waals surface area contributed by atoms with Crippen LogP contribution in [0.15, 0.2) is 16.6 Å². The van der Waals surface area contributed by atoms with E-state index in [1.807, 2.05) is 0 Å². The van der Waals surface area contributed by atoms with Gasteiger partial charge in [0.15, 0.2) is 5.78 Å². The van der Waals surface area contributed by atoms with Crippen LogP contribution in [0.5, 0.6) is 0 Å². The van der Waals surface area contributed by atoms with Gasteiger partial charge in [-0.1, -0.05) is 11.6 Å². The highest BCUT2D eigenvalue weighted by Gasteiger charge is 2.15. The number of benzene rings is 1. The normalized spacial score (nSPS) is 10.3. The van der Waals surface area contributed by atoms with Crippen LogP contribution in [0.3, 0.4) is 0 Å². The summed E-state index contributed by atoms with van der Waals surface area (Å²) in [7, 11) is 0. The summed E-state index contributed by atoms with van der Waals surface area (Å²) < 4.78 is 18.3. The van der Waals surface area contributed by atoms with Crippen molar-refractivity contribution in [2.24, 2.45) is 0 Å². The predicted octanol–water partition coefficient (Wildman–Crippen LogP) is 2.53. The van der Waals surface area contributed by atoms with Crippen LogP contribution in [0, 0.1) is 5.82 Å². The van der Waals surface area contributed by atoms with Gasteiger partial charge in [-0.15, -0.1) is 0 Å². The van der Waals surface area contributed by atoms with Gasteiger partial charge in [-0.3, -0.25) is 4.79 Å². The summed E-state index contributed by atoms with van der Waals surface area (Å²) in [4.78, 5) is 21.6. The fourth-order valence-corrected chi connectivity index (χ4v) is 1.52. The molecular formula is C10H7BrClFO4. The molecule has 0 saturated heterocycles. The summed E-state index contributed by atoms with van der Waals surface area (Å²) in [6.07, 6.45) is 0. The van der Waals surface area contributed by atoms with E-state index in [4.69, 9.17) is 16.7 Å². The Hall–Kier alpha value is -0.980. The third-order valence-corrected chi connectivity index (χ3v) is 2.97. The van der Waals surface area contributed by atoms with Crippen LogP contribution < -0.4 is 0 Å². The fourth-order valence-electron chi connectivity index (χ4n) is 1.05. The lowest BCUT2D eigenvalue weighted by Gasteiger charge is -2.04. The maximum Gasteiger partial charge on any atom is 0.329 e. The van der Waals surface area contributed by atoms with Gasteiger partial charge in [0.1, 0.15) is 19.0 Å². The molecule has 17 heavy (non-hydrogen) atoms. The standard InChI is InChI=1S/C10H7BrClFO4/c11-6-2-8(13)5(1-7(6)12)9(14)3-17-4-10(15)16/h1-2H,3-4H2,(H,15,16). The molecule has 0 saturated carbocycles. The number of ether oxygens (including phenoxy) is 1. The minimum atomic E-state index is -1.20. The van der Waals surface area contributed by atoms with Crippen molar-refractivity contribution in [3.05, 3.63) is 33.0 Å². The first-order chi connectivity index (χ1) is 7.91. The second-order valence-corrected chi connectivity index (χ2v) is 4.32. The zero-order chi connectivity index (χ0) is 13.0. The van der Waals surface area contributed by atoms with Crippen molar-refractivity contribution in [1.82, 2.24) is 0 Å². The van der Waals surface area contributed by atoms with E-state index in [-0.39, 0.29) is 10.6 Å². The number of carboxylic acids is 1. The molecule has 0 spiro atoms. The van der Waals surface area contributed by atoms with E-state index < -0.39 is 30.8 Å². The molecule has 0 bridgehead atoms. The second-order valence-electron chi connectivity index (χ2n) is 3.06. The molecule has 1 aromatic carbocycles. The van der Waals surface area contributed by atoms with Crippen LogP contribution in [0.25, 0.3) is 0 Å². The third-order valence-electron chi connectivity index (χ3n) is 1.77. The number of Topliss-reactive ketones (excluding diaryl/α,β-unsaturated/α-hetero) is 1. The number of carbonyl (C=O) groups is 2. The zero-order valence-corrected chi connectivity index (χ0v) is 10.7. The van der Waals surface area contributed by atoms with Gasteiger partial charge in [-0.2, -0.15) is 0 Å². The molecular weight excluding hydrogens is 318 g/mol. The molecule has 0 radical (unpaired) electrons. The quantitative estimate of drug-likeness (QED) is 0.667. The van der Waals surface area contributed by atoms with Crippen molar-refractivity contribution >= 4 is 39.3 Å². The number of carboxylic acid groups (broad SMARTS) is 1. The number of rotatable bonds is 5. The van der Waals surface area contributed by atoms with Gasteiger partial charge in [0.05, 0.1) is 10.6 Å².